The number of phenolic OH excluding ortho intramolecular Hbond substituents is 1. The normalized spacial score (nSPS) is 17.5. The summed E-state index contributed by atoms with van der Waals surface area (Å²) in [4.78, 5) is 15.8. The topological polar surface area (TPSA) is 58.9 Å². The van der Waals surface area contributed by atoms with Gasteiger partial charge in [0.25, 0.3) is 0 Å². The van der Waals surface area contributed by atoms with E-state index in [1.54, 1.807) is 31.2 Å². The van der Waals surface area contributed by atoms with Crippen LogP contribution in [0.5, 0.6) is 5.75 Å². The van der Waals surface area contributed by atoms with Gasteiger partial charge in [0.05, 0.1) is 15.8 Å². The van der Waals surface area contributed by atoms with Crippen molar-refractivity contribution in [2.75, 3.05) is 0 Å². The molecule has 0 bridgehead atoms. The predicted octanol–water partition coefficient (Wildman–Crippen LogP) is 2.47. The third kappa shape index (κ3) is 1.99. The van der Waals surface area contributed by atoms with E-state index >= 15 is 0 Å². The Bertz CT molecular complexity index is 520. The smallest absolute Gasteiger partial charge is 0.367 e. The van der Waals surface area contributed by atoms with Crippen LogP contribution in [0, 0.1) is 0 Å². The maximum atomic E-state index is 11.3. The fourth-order valence-corrected chi connectivity index (χ4v) is 1.70. The highest BCUT2D eigenvalue weighted by atomic mass is 79.9. The van der Waals surface area contributed by atoms with Gasteiger partial charge in [-0.1, -0.05) is 11.2 Å². The number of halogens is 1. The second-order valence-corrected chi connectivity index (χ2v) is 4.18. The van der Waals surface area contributed by atoms with Gasteiger partial charge in [-0.3, -0.25) is 0 Å². The lowest BCUT2D eigenvalue weighted by molar-refractivity contribution is -0.136. The van der Waals surface area contributed by atoms with E-state index in [0.29, 0.717) is 15.8 Å². The zero-order valence-electron chi connectivity index (χ0n) is 8.40. The van der Waals surface area contributed by atoms with Crippen LogP contribution in [0.15, 0.2) is 33.4 Å². The van der Waals surface area contributed by atoms with E-state index in [4.69, 9.17) is 0 Å². The molecule has 16 heavy (non-hydrogen) atoms. The second kappa shape index (κ2) is 4.09. The Balaban J connectivity index is 2.39. The molecular weight excluding hydrogens is 274 g/mol. The first kappa shape index (κ1) is 10.9. The molecule has 0 fully saturated rings. The number of aromatic hydroxyl groups is 1. The number of carbonyl (C=O) groups is 1. The van der Waals surface area contributed by atoms with Gasteiger partial charge in [0, 0.05) is 0 Å². The molecule has 2 rings (SSSR count). The fraction of sp³-hybridized carbons (Fsp3) is 0.0909. The van der Waals surface area contributed by atoms with Crippen LogP contribution in [0.2, 0.25) is 0 Å². The summed E-state index contributed by atoms with van der Waals surface area (Å²) in [5.74, 6) is -0.303. The molecule has 0 radical (unpaired) electrons. The van der Waals surface area contributed by atoms with Crippen LogP contribution in [0.1, 0.15) is 12.5 Å². The van der Waals surface area contributed by atoms with Crippen molar-refractivity contribution in [3.05, 3.63) is 33.8 Å². The van der Waals surface area contributed by atoms with Crippen LogP contribution in [0.25, 0.3) is 6.08 Å². The van der Waals surface area contributed by atoms with Crippen LogP contribution in [-0.4, -0.2) is 16.8 Å². The van der Waals surface area contributed by atoms with Gasteiger partial charge in [-0.15, -0.1) is 0 Å². The molecule has 0 aliphatic carbocycles. The average molecular weight is 282 g/mol. The van der Waals surface area contributed by atoms with Crippen molar-refractivity contribution >= 4 is 33.7 Å². The number of oxime groups is 1. The summed E-state index contributed by atoms with van der Waals surface area (Å²) in [6.07, 6.45) is 1.67. The Morgan fingerprint density at radius 1 is 1.50 bits per heavy atom. The maximum Gasteiger partial charge on any atom is 0.367 e. The summed E-state index contributed by atoms with van der Waals surface area (Å²) in [6, 6.07) is 4.95. The first-order valence-electron chi connectivity index (χ1n) is 4.54. The minimum atomic E-state index is -0.457. The molecule has 0 saturated carbocycles. The van der Waals surface area contributed by atoms with Crippen LogP contribution < -0.4 is 0 Å². The van der Waals surface area contributed by atoms with E-state index in [-0.39, 0.29) is 5.75 Å². The summed E-state index contributed by atoms with van der Waals surface area (Å²) in [5.41, 5.74) is 1.76. The maximum absolute atomic E-state index is 11.3. The summed E-state index contributed by atoms with van der Waals surface area (Å²) in [5, 5.41) is 12.9. The molecule has 4 nitrogen and oxygen atoms in total. The van der Waals surface area contributed by atoms with Crippen LogP contribution >= 0.6 is 15.9 Å². The predicted molar refractivity (Wildman–Crippen MR) is 63.0 cm³/mol. The zero-order valence-corrected chi connectivity index (χ0v) is 9.98. The molecule has 1 aliphatic heterocycles. The summed E-state index contributed by atoms with van der Waals surface area (Å²) in [6.45, 7) is 1.70. The molecule has 5 heteroatoms. The lowest BCUT2D eigenvalue weighted by atomic mass is 10.1. The van der Waals surface area contributed by atoms with E-state index in [1.165, 1.54) is 0 Å². The third-order valence-electron chi connectivity index (χ3n) is 2.16. The van der Waals surface area contributed by atoms with Crippen molar-refractivity contribution in [2.45, 2.75) is 6.92 Å². The minimum absolute atomic E-state index is 0.154. The molecule has 1 aliphatic rings. The van der Waals surface area contributed by atoms with E-state index in [1.807, 2.05) is 0 Å². The largest absolute Gasteiger partial charge is 0.507 e. The standard InChI is InChI=1S/C11H8BrNO3/c1-6-8(11(15)16-13-6)4-7-2-3-10(14)9(12)5-7/h2-5,14H,1H3/b8-4-. The first-order valence-corrected chi connectivity index (χ1v) is 5.34. The molecule has 0 saturated heterocycles. The highest BCUT2D eigenvalue weighted by Gasteiger charge is 2.21. The van der Waals surface area contributed by atoms with Crippen molar-refractivity contribution < 1.29 is 14.7 Å². The van der Waals surface area contributed by atoms with Gasteiger partial charge in [-0.2, -0.15) is 0 Å². The van der Waals surface area contributed by atoms with E-state index in [0.717, 1.165) is 5.56 Å². The number of benzene rings is 1. The molecule has 0 amide bonds. The van der Waals surface area contributed by atoms with Gasteiger partial charge < -0.3 is 9.94 Å². The van der Waals surface area contributed by atoms with Crippen LogP contribution in [0.4, 0.5) is 0 Å². The van der Waals surface area contributed by atoms with Crippen molar-refractivity contribution in [1.82, 2.24) is 0 Å². The monoisotopic (exact) mass is 281 g/mol. The van der Waals surface area contributed by atoms with Crippen molar-refractivity contribution in [1.29, 1.82) is 0 Å². The Morgan fingerprint density at radius 3 is 2.81 bits per heavy atom. The van der Waals surface area contributed by atoms with Crippen LogP contribution in [0.3, 0.4) is 0 Å². The number of phenols is 1. The van der Waals surface area contributed by atoms with Gasteiger partial charge in [0.2, 0.25) is 0 Å². The van der Waals surface area contributed by atoms with E-state index in [2.05, 4.69) is 25.9 Å². The van der Waals surface area contributed by atoms with Crippen molar-refractivity contribution in [2.24, 2.45) is 5.16 Å². The highest BCUT2D eigenvalue weighted by molar-refractivity contribution is 9.10. The van der Waals surface area contributed by atoms with Gasteiger partial charge in [0.1, 0.15) is 5.75 Å². The molecule has 1 N–H and O–H groups in total. The molecule has 0 spiro atoms. The molecule has 0 unspecified atom stereocenters. The van der Waals surface area contributed by atoms with Gasteiger partial charge >= 0.3 is 5.97 Å². The molecule has 1 aromatic carbocycles. The molecule has 0 aromatic heterocycles. The number of hydrogen-bond donors (Lipinski definition) is 1. The Kier molecular flexibility index (Phi) is 2.78. The average Bonchev–Trinajstić information content (AvgIpc) is 2.55. The molecular formula is C11H8BrNO3. The highest BCUT2D eigenvalue weighted by Crippen LogP contribution is 2.26. The number of hydrogen-bond acceptors (Lipinski definition) is 4. The molecule has 1 aromatic rings. The van der Waals surface area contributed by atoms with Crippen LogP contribution in [-0.2, 0) is 9.63 Å². The third-order valence-corrected chi connectivity index (χ3v) is 2.79. The Morgan fingerprint density at radius 2 is 2.25 bits per heavy atom. The fourth-order valence-electron chi connectivity index (χ4n) is 1.30. The van der Waals surface area contributed by atoms with Crippen molar-refractivity contribution in [3.63, 3.8) is 0 Å². The SMILES string of the molecule is CC1=NOC(=O)/C1=C\c1ccc(O)c(Br)c1. The van der Waals surface area contributed by atoms with Gasteiger partial charge in [-0.05, 0) is 46.6 Å². The summed E-state index contributed by atoms with van der Waals surface area (Å²) >= 11 is 3.20. The first-order chi connectivity index (χ1) is 7.58. The second-order valence-electron chi connectivity index (χ2n) is 3.32. The van der Waals surface area contributed by atoms with Gasteiger partial charge in [0.15, 0.2) is 0 Å². The van der Waals surface area contributed by atoms with Gasteiger partial charge in [-0.25, -0.2) is 4.79 Å². The van der Waals surface area contributed by atoms with Crippen molar-refractivity contribution in [3.8, 4) is 5.75 Å². The quantitative estimate of drug-likeness (QED) is 0.636. The molecule has 82 valence electrons. The lowest BCUT2D eigenvalue weighted by Gasteiger charge is -1.99. The Labute approximate surface area is 100 Å². The Hall–Kier alpha value is -1.62. The zero-order chi connectivity index (χ0) is 11.7. The summed E-state index contributed by atoms with van der Waals surface area (Å²) in [7, 11) is 0. The van der Waals surface area contributed by atoms with E-state index < -0.39 is 5.97 Å². The summed E-state index contributed by atoms with van der Waals surface area (Å²) < 4.78 is 0.572. The van der Waals surface area contributed by atoms with E-state index in [9.17, 15) is 9.90 Å². The molecule has 0 atom stereocenters. The molecule has 1 heterocycles. The number of nitrogens with zero attached hydrogens (tertiary/aromatic N) is 1. The minimum Gasteiger partial charge on any atom is -0.507 e. The number of carbonyl (C=O) groups excluding carboxylic acids is 1. The lowest BCUT2D eigenvalue weighted by Crippen LogP contribution is -2.01. The number of rotatable bonds is 1.